The number of benzene rings is 2. The lowest BCUT2D eigenvalue weighted by Crippen LogP contribution is -2.45. The van der Waals surface area contributed by atoms with Crippen LogP contribution in [0.3, 0.4) is 0 Å². The molecule has 0 radical (unpaired) electrons. The number of ether oxygens (including phenoxy) is 3. The highest BCUT2D eigenvalue weighted by molar-refractivity contribution is 5.99. The molecule has 8 heteroatoms. The zero-order valence-corrected chi connectivity index (χ0v) is 15.4. The molecule has 2 aliphatic rings. The maximum atomic E-state index is 12.7. The molecule has 1 atom stereocenters. The largest absolute Gasteiger partial charge is 0.497 e. The number of fused-ring (bicyclic) bond motifs is 1. The summed E-state index contributed by atoms with van der Waals surface area (Å²) in [7, 11) is 1.58. The fourth-order valence-electron chi connectivity index (χ4n) is 3.35. The van der Waals surface area contributed by atoms with Gasteiger partial charge in [-0.1, -0.05) is 0 Å². The van der Waals surface area contributed by atoms with E-state index in [1.165, 1.54) is 0 Å². The van der Waals surface area contributed by atoms with Crippen molar-refractivity contribution < 1.29 is 23.8 Å². The lowest BCUT2D eigenvalue weighted by Gasteiger charge is -2.24. The first kappa shape index (κ1) is 18.0. The van der Waals surface area contributed by atoms with E-state index in [9.17, 15) is 9.59 Å². The van der Waals surface area contributed by atoms with E-state index < -0.39 is 6.04 Å². The fraction of sp³-hybridized carbons (Fsp3) is 0.300. The molecule has 2 heterocycles. The number of hydrogen-bond donors (Lipinski definition) is 2. The Morgan fingerprint density at radius 1 is 1.04 bits per heavy atom. The number of likely N-dealkylation sites (tertiary alicyclic amines) is 1. The van der Waals surface area contributed by atoms with Gasteiger partial charge in [0.15, 0.2) is 11.5 Å². The number of hydrogen-bond acceptors (Lipinski definition) is 5. The van der Waals surface area contributed by atoms with Gasteiger partial charge in [0.2, 0.25) is 12.7 Å². The number of carbonyl (C=O) groups excluding carboxylic acids is 2. The molecule has 2 aromatic carbocycles. The smallest absolute Gasteiger partial charge is 0.322 e. The summed E-state index contributed by atoms with van der Waals surface area (Å²) in [4.78, 5) is 27.0. The van der Waals surface area contributed by atoms with Crippen LogP contribution < -0.4 is 24.8 Å². The lowest BCUT2D eigenvalue weighted by molar-refractivity contribution is -0.119. The Morgan fingerprint density at radius 2 is 1.79 bits per heavy atom. The van der Waals surface area contributed by atoms with Crippen LogP contribution in [-0.2, 0) is 4.79 Å². The third-order valence-electron chi connectivity index (χ3n) is 4.80. The summed E-state index contributed by atoms with van der Waals surface area (Å²) in [6.07, 6.45) is 1.39. The molecule has 2 aromatic rings. The van der Waals surface area contributed by atoms with Crippen LogP contribution in [0.2, 0.25) is 0 Å². The Hall–Kier alpha value is -3.42. The van der Waals surface area contributed by atoms with E-state index in [4.69, 9.17) is 14.2 Å². The van der Waals surface area contributed by atoms with Crippen LogP contribution in [0.1, 0.15) is 12.8 Å². The van der Waals surface area contributed by atoms with Crippen molar-refractivity contribution in [3.63, 3.8) is 0 Å². The minimum absolute atomic E-state index is 0.175. The van der Waals surface area contributed by atoms with Crippen molar-refractivity contribution in [2.24, 2.45) is 0 Å². The van der Waals surface area contributed by atoms with Crippen molar-refractivity contribution in [3.05, 3.63) is 42.5 Å². The van der Waals surface area contributed by atoms with Crippen LogP contribution >= 0.6 is 0 Å². The predicted octanol–water partition coefficient (Wildman–Crippen LogP) is 3.06. The highest BCUT2D eigenvalue weighted by Crippen LogP contribution is 2.34. The van der Waals surface area contributed by atoms with Gasteiger partial charge in [-0.3, -0.25) is 4.79 Å². The van der Waals surface area contributed by atoms with E-state index >= 15 is 0 Å². The highest BCUT2D eigenvalue weighted by atomic mass is 16.7. The van der Waals surface area contributed by atoms with E-state index in [1.54, 1.807) is 54.5 Å². The molecule has 1 saturated heterocycles. The molecule has 146 valence electrons. The third-order valence-corrected chi connectivity index (χ3v) is 4.80. The average Bonchev–Trinajstić information content (AvgIpc) is 3.37. The van der Waals surface area contributed by atoms with Crippen molar-refractivity contribution in [2.45, 2.75) is 18.9 Å². The first-order valence-corrected chi connectivity index (χ1v) is 9.06. The molecule has 4 rings (SSSR count). The Balaban J connectivity index is 1.40. The minimum atomic E-state index is -0.524. The fourth-order valence-corrected chi connectivity index (χ4v) is 3.35. The number of nitrogens with one attached hydrogen (secondary N) is 2. The number of carbonyl (C=O) groups is 2. The van der Waals surface area contributed by atoms with Gasteiger partial charge in [-0.2, -0.15) is 0 Å². The minimum Gasteiger partial charge on any atom is -0.497 e. The quantitative estimate of drug-likeness (QED) is 0.847. The van der Waals surface area contributed by atoms with Crippen LogP contribution in [0, 0.1) is 0 Å². The second-order valence-corrected chi connectivity index (χ2v) is 6.57. The zero-order valence-electron chi connectivity index (χ0n) is 15.4. The van der Waals surface area contributed by atoms with Gasteiger partial charge in [-0.25, -0.2) is 4.79 Å². The topological polar surface area (TPSA) is 89.1 Å². The lowest BCUT2D eigenvalue weighted by atomic mass is 10.2. The molecule has 0 spiro atoms. The number of amides is 3. The molecule has 3 amide bonds. The normalized spacial score (nSPS) is 17.3. The maximum Gasteiger partial charge on any atom is 0.322 e. The van der Waals surface area contributed by atoms with Crippen molar-refractivity contribution in [3.8, 4) is 17.2 Å². The summed E-state index contributed by atoms with van der Waals surface area (Å²) < 4.78 is 15.7. The van der Waals surface area contributed by atoms with Crippen LogP contribution in [0.25, 0.3) is 0 Å². The van der Waals surface area contributed by atoms with E-state index in [-0.39, 0.29) is 18.7 Å². The summed E-state index contributed by atoms with van der Waals surface area (Å²) in [5.74, 6) is 1.74. The molecule has 1 fully saturated rings. The van der Waals surface area contributed by atoms with Gasteiger partial charge in [0.25, 0.3) is 0 Å². The molecular formula is C20H21N3O5. The molecule has 2 N–H and O–H groups in total. The van der Waals surface area contributed by atoms with E-state index in [2.05, 4.69) is 10.6 Å². The van der Waals surface area contributed by atoms with Gasteiger partial charge in [0.05, 0.1) is 7.11 Å². The molecule has 0 aromatic heterocycles. The molecule has 28 heavy (non-hydrogen) atoms. The van der Waals surface area contributed by atoms with Crippen molar-refractivity contribution >= 4 is 23.3 Å². The van der Waals surface area contributed by atoms with Crippen LogP contribution in [0.4, 0.5) is 16.2 Å². The zero-order chi connectivity index (χ0) is 19.5. The molecular weight excluding hydrogens is 362 g/mol. The molecule has 8 nitrogen and oxygen atoms in total. The first-order chi connectivity index (χ1) is 13.6. The summed E-state index contributed by atoms with van der Waals surface area (Å²) >= 11 is 0. The number of rotatable bonds is 4. The van der Waals surface area contributed by atoms with Crippen LogP contribution in [0.15, 0.2) is 42.5 Å². The second kappa shape index (κ2) is 7.67. The first-order valence-electron chi connectivity index (χ1n) is 9.06. The summed E-state index contributed by atoms with van der Waals surface area (Å²) in [5.41, 5.74) is 1.25. The van der Waals surface area contributed by atoms with Crippen LogP contribution in [0.5, 0.6) is 17.2 Å². The van der Waals surface area contributed by atoms with Gasteiger partial charge in [0.1, 0.15) is 11.8 Å². The van der Waals surface area contributed by atoms with E-state index in [0.29, 0.717) is 41.6 Å². The number of nitrogens with zero attached hydrogens (tertiary/aromatic N) is 1. The summed E-state index contributed by atoms with van der Waals surface area (Å²) in [5, 5.41) is 5.70. The number of urea groups is 1. The molecule has 2 aliphatic heterocycles. The average molecular weight is 383 g/mol. The molecule has 0 aliphatic carbocycles. The van der Waals surface area contributed by atoms with Gasteiger partial charge in [-0.15, -0.1) is 0 Å². The Bertz CT molecular complexity index is 884. The van der Waals surface area contributed by atoms with Crippen molar-refractivity contribution in [1.82, 2.24) is 4.90 Å². The van der Waals surface area contributed by atoms with Gasteiger partial charge in [-0.05, 0) is 49.2 Å². The SMILES string of the molecule is COc1ccc(NC(=O)N2CCCC2C(=O)Nc2ccc3c(c2)OCO3)cc1. The highest BCUT2D eigenvalue weighted by Gasteiger charge is 2.34. The molecule has 1 unspecified atom stereocenters. The number of anilines is 2. The van der Waals surface area contributed by atoms with Crippen LogP contribution in [-0.4, -0.2) is 43.3 Å². The Morgan fingerprint density at radius 3 is 2.57 bits per heavy atom. The summed E-state index contributed by atoms with van der Waals surface area (Å²) in [6.45, 7) is 0.704. The Kier molecular flexibility index (Phi) is 4.92. The Labute approximate surface area is 162 Å². The molecule has 0 bridgehead atoms. The van der Waals surface area contributed by atoms with E-state index in [0.717, 1.165) is 6.42 Å². The van der Waals surface area contributed by atoms with Gasteiger partial charge in [0, 0.05) is 24.0 Å². The number of methoxy groups -OCH3 is 1. The van der Waals surface area contributed by atoms with Crippen molar-refractivity contribution in [1.29, 1.82) is 0 Å². The second-order valence-electron chi connectivity index (χ2n) is 6.57. The monoisotopic (exact) mass is 383 g/mol. The van der Waals surface area contributed by atoms with Gasteiger partial charge < -0.3 is 29.7 Å². The van der Waals surface area contributed by atoms with E-state index in [1.807, 2.05) is 0 Å². The standard InChI is InChI=1S/C20H21N3O5/c1-26-15-7-4-13(5-8-15)22-20(25)23-10-2-3-16(23)19(24)21-14-6-9-17-18(11-14)28-12-27-17/h4-9,11,16H,2-3,10,12H2,1H3,(H,21,24)(H,22,25). The third kappa shape index (κ3) is 3.66. The molecule has 0 saturated carbocycles. The van der Waals surface area contributed by atoms with Crippen molar-refractivity contribution in [2.75, 3.05) is 31.1 Å². The summed E-state index contributed by atoms with van der Waals surface area (Å²) in [6, 6.07) is 11.5. The maximum absolute atomic E-state index is 12.7. The predicted molar refractivity (Wildman–Crippen MR) is 103 cm³/mol. The van der Waals surface area contributed by atoms with Gasteiger partial charge >= 0.3 is 6.03 Å².